The van der Waals surface area contributed by atoms with Crippen molar-refractivity contribution in [2.75, 3.05) is 0 Å². The van der Waals surface area contributed by atoms with Crippen LogP contribution in [-0.4, -0.2) is 0 Å². The quantitative estimate of drug-likeness (QED) is 0.697. The van der Waals surface area contributed by atoms with E-state index >= 15 is 0 Å². The summed E-state index contributed by atoms with van der Waals surface area (Å²) in [5.74, 6) is 1.26. The Bertz CT molecular complexity index is 228. The Hall–Kier alpha value is -0.690. The molecule has 0 spiro atoms. The molecule has 1 radical (unpaired) electrons. The lowest BCUT2D eigenvalue weighted by Crippen LogP contribution is -1.96. The highest BCUT2D eigenvalue weighted by Crippen LogP contribution is 2.17. The van der Waals surface area contributed by atoms with Gasteiger partial charge in [-0.15, -0.1) is 0 Å². The molecule has 65 valence electrons. The van der Waals surface area contributed by atoms with Gasteiger partial charge < -0.3 is 4.74 Å². The Morgan fingerprint density at radius 1 is 1.25 bits per heavy atom. The molecule has 0 aliphatic heterocycles. The van der Waals surface area contributed by atoms with Gasteiger partial charge >= 0.3 is 0 Å². The number of hydrogen-bond donors (Lipinski definition) is 0. The van der Waals surface area contributed by atoms with E-state index in [1.54, 1.807) is 6.61 Å². The highest BCUT2D eigenvalue weighted by atomic mass is 35.5. The SMILES string of the molecule is CC(C)[CH]Oc1ccc(Cl)cc1. The zero-order valence-electron chi connectivity index (χ0n) is 7.25. The highest BCUT2D eigenvalue weighted by Gasteiger charge is 1.96. The van der Waals surface area contributed by atoms with Crippen LogP contribution in [0.3, 0.4) is 0 Å². The third-order valence-electron chi connectivity index (χ3n) is 1.29. The van der Waals surface area contributed by atoms with Crippen LogP contribution in [0.5, 0.6) is 5.75 Å². The molecule has 0 heterocycles. The van der Waals surface area contributed by atoms with Gasteiger partial charge in [-0.25, -0.2) is 0 Å². The van der Waals surface area contributed by atoms with Gasteiger partial charge in [0.25, 0.3) is 0 Å². The molecule has 0 saturated carbocycles. The van der Waals surface area contributed by atoms with Crippen molar-refractivity contribution in [2.45, 2.75) is 13.8 Å². The number of benzene rings is 1. The van der Waals surface area contributed by atoms with Crippen molar-refractivity contribution in [1.29, 1.82) is 0 Å². The number of ether oxygens (including phenoxy) is 1. The Morgan fingerprint density at radius 3 is 2.33 bits per heavy atom. The molecule has 1 aromatic rings. The van der Waals surface area contributed by atoms with Crippen molar-refractivity contribution in [3.8, 4) is 5.75 Å². The second-order valence-corrected chi connectivity index (χ2v) is 3.39. The largest absolute Gasteiger partial charge is 0.486 e. The number of hydrogen-bond acceptors (Lipinski definition) is 1. The van der Waals surface area contributed by atoms with Gasteiger partial charge in [-0.2, -0.15) is 0 Å². The molecule has 0 aliphatic carbocycles. The summed E-state index contributed by atoms with van der Waals surface area (Å²) < 4.78 is 5.34. The second kappa shape index (κ2) is 4.36. The summed E-state index contributed by atoms with van der Waals surface area (Å²) in [5.41, 5.74) is 0. The molecule has 1 nitrogen and oxygen atoms in total. The lowest BCUT2D eigenvalue weighted by atomic mass is 10.2. The van der Waals surface area contributed by atoms with Crippen LogP contribution >= 0.6 is 11.6 Å². The van der Waals surface area contributed by atoms with Crippen LogP contribution in [0, 0.1) is 12.5 Å². The lowest BCUT2D eigenvalue weighted by Gasteiger charge is -2.06. The first-order valence-electron chi connectivity index (χ1n) is 3.94. The van der Waals surface area contributed by atoms with Gasteiger partial charge in [0, 0.05) is 5.02 Å². The fraction of sp³-hybridized carbons (Fsp3) is 0.300. The predicted molar refractivity (Wildman–Crippen MR) is 51.2 cm³/mol. The van der Waals surface area contributed by atoms with Crippen LogP contribution < -0.4 is 4.74 Å². The highest BCUT2D eigenvalue weighted by molar-refractivity contribution is 6.30. The van der Waals surface area contributed by atoms with Crippen LogP contribution in [0.25, 0.3) is 0 Å². The standard InChI is InChI=1S/C10H12ClO/c1-8(2)7-12-10-5-3-9(11)4-6-10/h3-8H,1-2H3. The van der Waals surface area contributed by atoms with E-state index in [1.165, 1.54) is 0 Å². The fourth-order valence-corrected chi connectivity index (χ4v) is 0.854. The van der Waals surface area contributed by atoms with E-state index in [0.29, 0.717) is 5.92 Å². The monoisotopic (exact) mass is 183 g/mol. The van der Waals surface area contributed by atoms with Crippen LogP contribution in [0.2, 0.25) is 5.02 Å². The lowest BCUT2D eigenvalue weighted by molar-refractivity contribution is 0.355. The zero-order valence-corrected chi connectivity index (χ0v) is 8.01. The summed E-state index contributed by atoms with van der Waals surface area (Å²) in [7, 11) is 0. The van der Waals surface area contributed by atoms with Gasteiger partial charge in [-0.05, 0) is 30.2 Å². The molecule has 0 N–H and O–H groups in total. The van der Waals surface area contributed by atoms with Crippen LogP contribution in [0.1, 0.15) is 13.8 Å². The smallest absolute Gasteiger partial charge is 0.138 e. The second-order valence-electron chi connectivity index (χ2n) is 2.95. The van der Waals surface area contributed by atoms with Crippen molar-refractivity contribution in [3.63, 3.8) is 0 Å². The molecule has 0 bridgehead atoms. The first-order valence-corrected chi connectivity index (χ1v) is 4.32. The molecule has 0 unspecified atom stereocenters. The Morgan fingerprint density at radius 2 is 1.83 bits per heavy atom. The van der Waals surface area contributed by atoms with Crippen molar-refractivity contribution in [2.24, 2.45) is 5.92 Å². The minimum atomic E-state index is 0.431. The Labute approximate surface area is 78.3 Å². The number of halogens is 1. The van der Waals surface area contributed by atoms with E-state index in [1.807, 2.05) is 24.3 Å². The maximum Gasteiger partial charge on any atom is 0.138 e. The fourth-order valence-electron chi connectivity index (χ4n) is 0.728. The van der Waals surface area contributed by atoms with Gasteiger partial charge in [-0.3, -0.25) is 0 Å². The Balaban J connectivity index is 2.48. The van der Waals surface area contributed by atoms with Crippen molar-refractivity contribution in [3.05, 3.63) is 35.9 Å². The summed E-state index contributed by atoms with van der Waals surface area (Å²) in [6, 6.07) is 7.32. The third kappa shape index (κ3) is 3.14. The molecule has 12 heavy (non-hydrogen) atoms. The van der Waals surface area contributed by atoms with E-state index in [-0.39, 0.29) is 0 Å². The molecular formula is C10H12ClO. The first kappa shape index (κ1) is 9.40. The van der Waals surface area contributed by atoms with E-state index in [0.717, 1.165) is 10.8 Å². The van der Waals surface area contributed by atoms with Gasteiger partial charge in [-0.1, -0.05) is 25.4 Å². The molecular weight excluding hydrogens is 172 g/mol. The predicted octanol–water partition coefficient (Wildman–Crippen LogP) is 3.54. The maximum atomic E-state index is 5.71. The average molecular weight is 184 g/mol. The van der Waals surface area contributed by atoms with Crippen molar-refractivity contribution < 1.29 is 4.74 Å². The molecule has 0 aliphatic rings. The molecule has 1 aromatic carbocycles. The van der Waals surface area contributed by atoms with Gasteiger partial charge in [0.1, 0.15) is 12.4 Å². The minimum Gasteiger partial charge on any atom is -0.486 e. The summed E-state index contributed by atoms with van der Waals surface area (Å²) in [4.78, 5) is 0. The summed E-state index contributed by atoms with van der Waals surface area (Å²) >= 11 is 5.71. The van der Waals surface area contributed by atoms with Crippen LogP contribution in [0.15, 0.2) is 24.3 Å². The van der Waals surface area contributed by atoms with Crippen molar-refractivity contribution in [1.82, 2.24) is 0 Å². The molecule has 1 rings (SSSR count). The van der Waals surface area contributed by atoms with Crippen molar-refractivity contribution >= 4 is 11.6 Å². The van der Waals surface area contributed by atoms with Crippen LogP contribution in [-0.2, 0) is 0 Å². The summed E-state index contributed by atoms with van der Waals surface area (Å²) in [6.07, 6.45) is 0. The molecule has 0 fully saturated rings. The maximum absolute atomic E-state index is 5.71. The third-order valence-corrected chi connectivity index (χ3v) is 1.54. The molecule has 0 amide bonds. The topological polar surface area (TPSA) is 9.23 Å². The normalized spacial score (nSPS) is 10.3. The molecule has 0 aromatic heterocycles. The van der Waals surface area contributed by atoms with E-state index < -0.39 is 0 Å². The minimum absolute atomic E-state index is 0.431. The van der Waals surface area contributed by atoms with E-state index in [9.17, 15) is 0 Å². The van der Waals surface area contributed by atoms with Gasteiger partial charge in [0.05, 0.1) is 0 Å². The number of rotatable bonds is 3. The van der Waals surface area contributed by atoms with Gasteiger partial charge in [0.2, 0.25) is 0 Å². The molecule has 0 atom stereocenters. The summed E-state index contributed by atoms with van der Waals surface area (Å²) in [5, 5.41) is 0.729. The van der Waals surface area contributed by atoms with E-state index in [2.05, 4.69) is 13.8 Å². The van der Waals surface area contributed by atoms with Crippen LogP contribution in [0.4, 0.5) is 0 Å². The molecule has 2 heteroatoms. The first-order chi connectivity index (χ1) is 5.68. The zero-order chi connectivity index (χ0) is 8.97. The summed E-state index contributed by atoms with van der Waals surface area (Å²) in [6.45, 7) is 5.93. The molecule has 0 saturated heterocycles. The van der Waals surface area contributed by atoms with Gasteiger partial charge in [0.15, 0.2) is 0 Å². The Kier molecular flexibility index (Phi) is 3.42. The average Bonchev–Trinajstić information content (AvgIpc) is 2.03. The van der Waals surface area contributed by atoms with E-state index in [4.69, 9.17) is 16.3 Å².